The number of halogens is 2. The molecule has 0 aliphatic heterocycles. The largest absolute Gasteiger partial charge is 0.480 e. The van der Waals surface area contributed by atoms with Gasteiger partial charge >= 0.3 is 5.97 Å². The number of hydrogen-bond acceptors (Lipinski definition) is 3. The number of aromatic nitrogens is 2. The molecular weight excluding hydrogens is 345 g/mol. The molecule has 1 heterocycles. The molecule has 2 rings (SSSR count). The molecule has 0 saturated heterocycles. The Morgan fingerprint density at radius 2 is 2.24 bits per heavy atom. The van der Waals surface area contributed by atoms with E-state index in [0.29, 0.717) is 5.69 Å². The lowest BCUT2D eigenvalue weighted by Gasteiger charge is -2.14. The average Bonchev–Trinajstić information content (AvgIpc) is 2.93. The average molecular weight is 356 g/mol. The highest BCUT2D eigenvalue weighted by Gasteiger charge is 2.23. The van der Waals surface area contributed by atoms with Crippen molar-refractivity contribution in [2.45, 2.75) is 12.5 Å². The number of aromatic amines is 1. The molecule has 2 aromatic rings. The van der Waals surface area contributed by atoms with E-state index in [1.807, 2.05) is 0 Å². The van der Waals surface area contributed by atoms with E-state index in [1.165, 1.54) is 30.7 Å². The summed E-state index contributed by atoms with van der Waals surface area (Å²) in [7, 11) is 0. The summed E-state index contributed by atoms with van der Waals surface area (Å²) in [6, 6.07) is 3.04. The smallest absolute Gasteiger partial charge is 0.326 e. The standard InChI is InChI=1S/C13H11BrFN3O3/c14-9-3-1-2-8(11(9)15)12(19)18-10(13(20)21)4-7-5-16-6-17-7/h1-3,5-6,10H,4H2,(H,16,17)(H,18,19)(H,20,21)/t10-/m0/s1. The first-order chi connectivity index (χ1) is 9.99. The van der Waals surface area contributed by atoms with Crippen LogP contribution in [-0.4, -0.2) is 33.0 Å². The summed E-state index contributed by atoms with van der Waals surface area (Å²) in [6.07, 6.45) is 2.89. The Morgan fingerprint density at radius 3 is 2.86 bits per heavy atom. The summed E-state index contributed by atoms with van der Waals surface area (Å²) in [5.74, 6) is -2.74. The molecule has 0 unspecified atom stereocenters. The van der Waals surface area contributed by atoms with E-state index in [0.717, 1.165) is 0 Å². The molecule has 6 nitrogen and oxygen atoms in total. The van der Waals surface area contributed by atoms with E-state index < -0.39 is 23.7 Å². The Bertz CT molecular complexity index is 661. The number of nitrogens with zero attached hydrogens (tertiary/aromatic N) is 1. The predicted molar refractivity (Wildman–Crippen MR) is 75.3 cm³/mol. The molecule has 0 radical (unpaired) electrons. The number of aliphatic carboxylic acids is 1. The number of nitrogens with one attached hydrogen (secondary N) is 2. The maximum atomic E-state index is 13.8. The zero-order valence-electron chi connectivity index (χ0n) is 10.6. The Labute approximate surface area is 127 Å². The number of rotatable bonds is 5. The van der Waals surface area contributed by atoms with Crippen molar-refractivity contribution in [2.24, 2.45) is 0 Å². The van der Waals surface area contributed by atoms with Crippen molar-refractivity contribution in [1.29, 1.82) is 0 Å². The molecule has 0 spiro atoms. The van der Waals surface area contributed by atoms with Crippen molar-refractivity contribution in [3.05, 3.63) is 52.3 Å². The molecule has 0 fully saturated rings. The van der Waals surface area contributed by atoms with Gasteiger partial charge in [0.05, 0.1) is 16.4 Å². The van der Waals surface area contributed by atoms with Gasteiger partial charge in [0.25, 0.3) is 5.91 Å². The summed E-state index contributed by atoms with van der Waals surface area (Å²) in [5.41, 5.74) is 0.331. The molecule has 0 saturated carbocycles. The molecule has 0 bridgehead atoms. The number of carbonyl (C=O) groups is 2. The van der Waals surface area contributed by atoms with Crippen LogP contribution in [0.4, 0.5) is 4.39 Å². The summed E-state index contributed by atoms with van der Waals surface area (Å²) in [6.45, 7) is 0. The summed E-state index contributed by atoms with van der Waals surface area (Å²) in [5, 5.41) is 11.4. The zero-order chi connectivity index (χ0) is 15.4. The Hall–Kier alpha value is -2.22. The molecule has 1 aromatic carbocycles. The van der Waals surface area contributed by atoms with Crippen LogP contribution in [0, 0.1) is 5.82 Å². The van der Waals surface area contributed by atoms with Crippen molar-refractivity contribution >= 4 is 27.8 Å². The van der Waals surface area contributed by atoms with Crippen LogP contribution in [0.25, 0.3) is 0 Å². The van der Waals surface area contributed by atoms with Crippen LogP contribution in [0.3, 0.4) is 0 Å². The lowest BCUT2D eigenvalue weighted by atomic mass is 10.1. The van der Waals surface area contributed by atoms with E-state index in [-0.39, 0.29) is 16.5 Å². The van der Waals surface area contributed by atoms with Gasteiger partial charge in [-0.1, -0.05) is 6.07 Å². The maximum absolute atomic E-state index is 13.8. The molecule has 1 amide bonds. The number of hydrogen-bond donors (Lipinski definition) is 3. The highest BCUT2D eigenvalue weighted by Crippen LogP contribution is 2.18. The van der Waals surface area contributed by atoms with Crippen LogP contribution in [0.1, 0.15) is 16.1 Å². The number of carboxylic acid groups (broad SMARTS) is 1. The van der Waals surface area contributed by atoms with Crippen LogP contribution in [0.2, 0.25) is 0 Å². The molecule has 8 heteroatoms. The van der Waals surface area contributed by atoms with Crippen LogP contribution < -0.4 is 5.32 Å². The van der Waals surface area contributed by atoms with Gasteiger partial charge in [0.1, 0.15) is 11.9 Å². The van der Waals surface area contributed by atoms with Gasteiger partial charge < -0.3 is 15.4 Å². The van der Waals surface area contributed by atoms with E-state index in [1.54, 1.807) is 0 Å². The molecule has 1 atom stereocenters. The topological polar surface area (TPSA) is 95.1 Å². The molecule has 21 heavy (non-hydrogen) atoms. The molecule has 3 N–H and O–H groups in total. The third kappa shape index (κ3) is 3.66. The van der Waals surface area contributed by atoms with Gasteiger partial charge in [-0.3, -0.25) is 4.79 Å². The third-order valence-corrected chi connectivity index (χ3v) is 3.39. The van der Waals surface area contributed by atoms with Gasteiger partial charge in [-0.2, -0.15) is 0 Å². The molecular formula is C13H11BrFN3O3. The molecule has 0 aliphatic rings. The van der Waals surface area contributed by atoms with Crippen molar-refractivity contribution in [1.82, 2.24) is 15.3 Å². The van der Waals surface area contributed by atoms with Crippen molar-refractivity contribution in [2.75, 3.05) is 0 Å². The Balaban J connectivity index is 2.15. The van der Waals surface area contributed by atoms with Crippen LogP contribution in [-0.2, 0) is 11.2 Å². The fourth-order valence-corrected chi connectivity index (χ4v) is 2.10. The number of imidazole rings is 1. The SMILES string of the molecule is O=C(N[C@@H](Cc1cnc[nH]1)C(=O)O)c1cccc(Br)c1F. The fourth-order valence-electron chi connectivity index (χ4n) is 1.73. The number of carbonyl (C=O) groups excluding carboxylic acids is 1. The second kappa shape index (κ2) is 6.49. The Kier molecular flexibility index (Phi) is 4.69. The summed E-state index contributed by atoms with van der Waals surface area (Å²) >= 11 is 2.97. The normalized spacial score (nSPS) is 11.9. The van der Waals surface area contributed by atoms with Gasteiger partial charge in [0.2, 0.25) is 0 Å². The number of carboxylic acids is 1. The second-order valence-electron chi connectivity index (χ2n) is 4.25. The predicted octanol–water partition coefficient (Wildman–Crippen LogP) is 1.74. The van der Waals surface area contributed by atoms with Gasteiger partial charge in [-0.25, -0.2) is 14.2 Å². The lowest BCUT2D eigenvalue weighted by Crippen LogP contribution is -2.42. The van der Waals surface area contributed by atoms with E-state index in [2.05, 4.69) is 31.2 Å². The Morgan fingerprint density at radius 1 is 1.48 bits per heavy atom. The number of amides is 1. The van der Waals surface area contributed by atoms with Crippen LogP contribution in [0.5, 0.6) is 0 Å². The van der Waals surface area contributed by atoms with Gasteiger partial charge in [0, 0.05) is 18.3 Å². The second-order valence-corrected chi connectivity index (χ2v) is 5.10. The molecule has 110 valence electrons. The molecule has 0 aliphatic carbocycles. The fraction of sp³-hybridized carbons (Fsp3) is 0.154. The van der Waals surface area contributed by atoms with Crippen molar-refractivity contribution in [3.63, 3.8) is 0 Å². The summed E-state index contributed by atoms with van der Waals surface area (Å²) < 4.78 is 13.9. The van der Waals surface area contributed by atoms with Crippen molar-refractivity contribution < 1.29 is 19.1 Å². The zero-order valence-corrected chi connectivity index (χ0v) is 12.2. The minimum absolute atomic E-state index is 0.0245. The third-order valence-electron chi connectivity index (χ3n) is 2.78. The van der Waals surface area contributed by atoms with E-state index >= 15 is 0 Å². The van der Waals surface area contributed by atoms with E-state index in [9.17, 15) is 14.0 Å². The quantitative estimate of drug-likeness (QED) is 0.761. The van der Waals surface area contributed by atoms with Crippen LogP contribution in [0.15, 0.2) is 35.2 Å². The number of benzene rings is 1. The minimum Gasteiger partial charge on any atom is -0.480 e. The lowest BCUT2D eigenvalue weighted by molar-refractivity contribution is -0.139. The van der Waals surface area contributed by atoms with Crippen molar-refractivity contribution in [3.8, 4) is 0 Å². The first kappa shape index (κ1) is 15.2. The maximum Gasteiger partial charge on any atom is 0.326 e. The van der Waals surface area contributed by atoms with E-state index in [4.69, 9.17) is 5.11 Å². The monoisotopic (exact) mass is 355 g/mol. The van der Waals surface area contributed by atoms with Gasteiger partial charge in [0.15, 0.2) is 0 Å². The first-order valence-corrected chi connectivity index (χ1v) is 6.73. The molecule has 1 aromatic heterocycles. The van der Waals surface area contributed by atoms with Gasteiger partial charge in [-0.05, 0) is 28.1 Å². The van der Waals surface area contributed by atoms with Gasteiger partial charge in [-0.15, -0.1) is 0 Å². The van der Waals surface area contributed by atoms with Crippen LogP contribution >= 0.6 is 15.9 Å². The summed E-state index contributed by atoms with van der Waals surface area (Å²) in [4.78, 5) is 29.7. The highest BCUT2D eigenvalue weighted by atomic mass is 79.9. The minimum atomic E-state index is -1.21. The highest BCUT2D eigenvalue weighted by molar-refractivity contribution is 9.10. The number of H-pyrrole nitrogens is 1. The first-order valence-electron chi connectivity index (χ1n) is 5.94.